The summed E-state index contributed by atoms with van der Waals surface area (Å²) in [6.07, 6.45) is 0. The third kappa shape index (κ3) is 2.16. The van der Waals surface area contributed by atoms with E-state index in [1.54, 1.807) is 13.8 Å². The average molecular weight is 229 g/mol. The van der Waals surface area contributed by atoms with E-state index in [-0.39, 0.29) is 23.8 Å². The van der Waals surface area contributed by atoms with Crippen molar-refractivity contribution in [3.8, 4) is 5.75 Å². The Bertz CT molecular complexity index is 368. The largest absolute Gasteiger partial charge is 0.494 e. The summed E-state index contributed by atoms with van der Waals surface area (Å²) in [6, 6.07) is 4.07. The van der Waals surface area contributed by atoms with Crippen molar-refractivity contribution in [3.63, 3.8) is 0 Å². The quantitative estimate of drug-likeness (QED) is 0.861. The molecule has 0 radical (unpaired) electrons. The maximum absolute atomic E-state index is 14.5. The molecule has 0 saturated heterocycles. The smallest absolute Gasteiger partial charge is 0.165 e. The van der Waals surface area contributed by atoms with Gasteiger partial charge in [-0.25, -0.2) is 8.78 Å². The van der Waals surface area contributed by atoms with Crippen molar-refractivity contribution in [1.29, 1.82) is 0 Å². The van der Waals surface area contributed by atoms with Gasteiger partial charge < -0.3 is 10.5 Å². The number of benzene rings is 1. The summed E-state index contributed by atoms with van der Waals surface area (Å²) in [5, 5.41) is 0. The maximum atomic E-state index is 14.5. The van der Waals surface area contributed by atoms with Crippen LogP contribution in [-0.2, 0) is 5.67 Å². The van der Waals surface area contributed by atoms with Crippen LogP contribution in [0.3, 0.4) is 0 Å². The van der Waals surface area contributed by atoms with Crippen LogP contribution in [0.25, 0.3) is 0 Å². The minimum absolute atomic E-state index is 0.104. The topological polar surface area (TPSA) is 35.2 Å². The molecule has 0 heterocycles. The van der Waals surface area contributed by atoms with E-state index in [0.29, 0.717) is 0 Å². The highest BCUT2D eigenvalue weighted by atomic mass is 19.1. The predicted molar refractivity (Wildman–Crippen MR) is 59.6 cm³/mol. The second-order valence-corrected chi connectivity index (χ2v) is 4.07. The van der Waals surface area contributed by atoms with Gasteiger partial charge in [0, 0.05) is 6.54 Å². The van der Waals surface area contributed by atoms with Crippen molar-refractivity contribution in [2.75, 3.05) is 13.7 Å². The van der Waals surface area contributed by atoms with Crippen molar-refractivity contribution in [1.82, 2.24) is 0 Å². The molecule has 0 aliphatic carbocycles. The molecule has 0 amide bonds. The third-order valence-electron chi connectivity index (χ3n) is 2.84. The SMILES string of the molecule is COc1ccc(C(F)(CN)C(C)C)cc1F. The number of hydrogen-bond donors (Lipinski definition) is 1. The van der Waals surface area contributed by atoms with Crippen LogP contribution in [0.5, 0.6) is 5.75 Å². The molecular weight excluding hydrogens is 212 g/mol. The van der Waals surface area contributed by atoms with Crippen LogP contribution in [0.4, 0.5) is 8.78 Å². The molecule has 0 aliphatic heterocycles. The highest BCUT2D eigenvalue weighted by Gasteiger charge is 2.34. The lowest BCUT2D eigenvalue weighted by molar-refractivity contribution is 0.109. The second-order valence-electron chi connectivity index (χ2n) is 4.07. The molecule has 0 aliphatic rings. The van der Waals surface area contributed by atoms with Gasteiger partial charge in [0.1, 0.15) is 0 Å². The minimum Gasteiger partial charge on any atom is -0.494 e. The predicted octanol–water partition coefficient (Wildman–Crippen LogP) is 2.61. The van der Waals surface area contributed by atoms with Crippen molar-refractivity contribution >= 4 is 0 Å². The number of rotatable bonds is 4. The van der Waals surface area contributed by atoms with Gasteiger partial charge in [-0.2, -0.15) is 0 Å². The van der Waals surface area contributed by atoms with Crippen LogP contribution in [-0.4, -0.2) is 13.7 Å². The fourth-order valence-corrected chi connectivity index (χ4v) is 1.61. The first-order chi connectivity index (χ1) is 7.45. The number of nitrogens with two attached hydrogens (primary N) is 1. The second kappa shape index (κ2) is 4.78. The van der Waals surface area contributed by atoms with Crippen LogP contribution in [0.2, 0.25) is 0 Å². The highest BCUT2D eigenvalue weighted by molar-refractivity contribution is 5.33. The minimum atomic E-state index is -1.70. The summed E-state index contributed by atoms with van der Waals surface area (Å²) in [4.78, 5) is 0. The van der Waals surface area contributed by atoms with E-state index in [9.17, 15) is 8.78 Å². The van der Waals surface area contributed by atoms with E-state index in [2.05, 4.69) is 0 Å². The van der Waals surface area contributed by atoms with Crippen LogP contribution in [0.15, 0.2) is 18.2 Å². The first-order valence-electron chi connectivity index (χ1n) is 5.18. The fourth-order valence-electron chi connectivity index (χ4n) is 1.61. The Balaban J connectivity index is 3.18. The Labute approximate surface area is 94.4 Å². The van der Waals surface area contributed by atoms with Gasteiger partial charge in [-0.05, 0) is 23.6 Å². The van der Waals surface area contributed by atoms with Crippen LogP contribution < -0.4 is 10.5 Å². The van der Waals surface area contributed by atoms with E-state index in [1.165, 1.54) is 19.2 Å². The summed E-state index contributed by atoms with van der Waals surface area (Å²) in [5.41, 5.74) is 3.98. The fraction of sp³-hybridized carbons (Fsp3) is 0.500. The van der Waals surface area contributed by atoms with Crippen LogP contribution in [0.1, 0.15) is 19.4 Å². The van der Waals surface area contributed by atoms with Gasteiger partial charge in [0.25, 0.3) is 0 Å². The highest BCUT2D eigenvalue weighted by Crippen LogP contribution is 2.34. The molecule has 0 saturated carbocycles. The van der Waals surface area contributed by atoms with Crippen molar-refractivity contribution in [2.24, 2.45) is 11.7 Å². The molecule has 0 fully saturated rings. The number of hydrogen-bond acceptors (Lipinski definition) is 2. The molecule has 16 heavy (non-hydrogen) atoms. The molecule has 2 N–H and O–H groups in total. The summed E-state index contributed by atoms with van der Waals surface area (Å²) < 4.78 is 32.7. The Morgan fingerprint density at radius 3 is 2.44 bits per heavy atom. The monoisotopic (exact) mass is 229 g/mol. The van der Waals surface area contributed by atoms with Crippen LogP contribution in [0, 0.1) is 11.7 Å². The van der Waals surface area contributed by atoms with Crippen molar-refractivity contribution in [3.05, 3.63) is 29.6 Å². The summed E-state index contributed by atoms with van der Waals surface area (Å²) >= 11 is 0. The van der Waals surface area contributed by atoms with E-state index in [0.717, 1.165) is 6.07 Å². The first kappa shape index (κ1) is 12.9. The zero-order valence-corrected chi connectivity index (χ0v) is 9.76. The summed E-state index contributed by atoms with van der Waals surface area (Å²) in [7, 11) is 1.37. The molecule has 1 aromatic carbocycles. The Hall–Kier alpha value is -1.16. The van der Waals surface area contributed by atoms with Crippen molar-refractivity contribution in [2.45, 2.75) is 19.5 Å². The molecule has 0 aromatic heterocycles. The summed E-state index contributed by atoms with van der Waals surface area (Å²) in [6.45, 7) is 3.26. The molecule has 90 valence electrons. The van der Waals surface area contributed by atoms with Crippen molar-refractivity contribution < 1.29 is 13.5 Å². The molecule has 4 heteroatoms. The zero-order chi connectivity index (χ0) is 12.3. The Morgan fingerprint density at radius 2 is 2.06 bits per heavy atom. The number of methoxy groups -OCH3 is 1. The van der Waals surface area contributed by atoms with Gasteiger partial charge in [-0.1, -0.05) is 19.9 Å². The zero-order valence-electron chi connectivity index (χ0n) is 9.76. The molecule has 0 spiro atoms. The normalized spacial score (nSPS) is 14.9. The number of alkyl halides is 1. The van der Waals surface area contributed by atoms with Gasteiger partial charge in [0.05, 0.1) is 7.11 Å². The van der Waals surface area contributed by atoms with E-state index in [4.69, 9.17) is 10.5 Å². The summed E-state index contributed by atoms with van der Waals surface area (Å²) in [5.74, 6) is -0.784. The molecular formula is C12H17F2NO. The Morgan fingerprint density at radius 1 is 1.44 bits per heavy atom. The molecule has 2 nitrogen and oxygen atoms in total. The van der Waals surface area contributed by atoms with Gasteiger partial charge >= 0.3 is 0 Å². The van der Waals surface area contributed by atoms with Crippen LogP contribution >= 0.6 is 0 Å². The maximum Gasteiger partial charge on any atom is 0.165 e. The van der Waals surface area contributed by atoms with E-state index in [1.807, 2.05) is 0 Å². The van der Waals surface area contributed by atoms with Gasteiger partial charge in [0.2, 0.25) is 0 Å². The van der Waals surface area contributed by atoms with Gasteiger partial charge in [-0.3, -0.25) is 0 Å². The number of ether oxygens (including phenoxy) is 1. The Kier molecular flexibility index (Phi) is 3.86. The molecule has 1 rings (SSSR count). The van der Waals surface area contributed by atoms with E-state index < -0.39 is 11.5 Å². The molecule has 0 bridgehead atoms. The van der Waals surface area contributed by atoms with E-state index >= 15 is 0 Å². The lowest BCUT2D eigenvalue weighted by Gasteiger charge is -2.28. The lowest BCUT2D eigenvalue weighted by atomic mass is 9.85. The average Bonchev–Trinajstić information content (AvgIpc) is 2.27. The van der Waals surface area contributed by atoms with Gasteiger partial charge in [-0.15, -0.1) is 0 Å². The molecule has 1 aromatic rings. The molecule has 1 unspecified atom stereocenters. The molecule has 1 atom stereocenters. The standard InChI is InChI=1S/C12H17F2NO/c1-8(2)12(14,7-15)9-4-5-11(16-3)10(13)6-9/h4-6,8H,7,15H2,1-3H3. The third-order valence-corrected chi connectivity index (χ3v) is 2.84. The van der Waals surface area contributed by atoms with Gasteiger partial charge in [0.15, 0.2) is 17.2 Å². The lowest BCUT2D eigenvalue weighted by Crippen LogP contribution is -2.35. The first-order valence-corrected chi connectivity index (χ1v) is 5.18. The number of halogens is 2.